The third kappa shape index (κ3) is 4.86. The first kappa shape index (κ1) is 18.9. The normalized spacial score (nSPS) is 14.0. The van der Waals surface area contributed by atoms with Gasteiger partial charge in [-0.15, -0.1) is 0 Å². The fraction of sp³-hybridized carbons (Fsp3) is 0.250. The van der Waals surface area contributed by atoms with Gasteiger partial charge in [-0.1, -0.05) is 29.8 Å². The predicted molar refractivity (Wildman–Crippen MR) is 104 cm³/mol. The lowest BCUT2D eigenvalue weighted by Crippen LogP contribution is -2.51. The summed E-state index contributed by atoms with van der Waals surface area (Å²) in [4.78, 5) is 40.3. The molecule has 1 aliphatic rings. The number of amides is 2. The molecule has 27 heavy (non-hydrogen) atoms. The Bertz CT molecular complexity index is 816. The van der Waals surface area contributed by atoms with E-state index < -0.39 is 11.7 Å². The Morgan fingerprint density at radius 3 is 2.15 bits per heavy atom. The first-order chi connectivity index (χ1) is 13.0. The molecular weight excluding hydrogens is 366 g/mol. The molecule has 1 N–H and O–H groups in total. The molecule has 0 unspecified atom stereocenters. The molecule has 7 heteroatoms. The Hall–Kier alpha value is -2.86. The van der Waals surface area contributed by atoms with Crippen LogP contribution in [-0.4, -0.2) is 55.2 Å². The van der Waals surface area contributed by atoms with E-state index in [-0.39, 0.29) is 18.0 Å². The molecule has 1 fully saturated rings. The molecule has 140 valence electrons. The van der Waals surface area contributed by atoms with Crippen molar-refractivity contribution in [1.82, 2.24) is 10.2 Å². The number of nitrogens with one attached hydrogen (secondary N) is 1. The van der Waals surface area contributed by atoms with Crippen molar-refractivity contribution in [2.24, 2.45) is 0 Å². The zero-order valence-electron chi connectivity index (χ0n) is 14.7. The van der Waals surface area contributed by atoms with Crippen LogP contribution in [0.15, 0.2) is 54.6 Å². The Balaban J connectivity index is 1.46. The number of anilines is 1. The van der Waals surface area contributed by atoms with Gasteiger partial charge < -0.3 is 15.1 Å². The van der Waals surface area contributed by atoms with Crippen LogP contribution in [0.1, 0.15) is 10.4 Å². The molecule has 0 aliphatic carbocycles. The summed E-state index contributed by atoms with van der Waals surface area (Å²) in [5, 5.41) is 2.89. The van der Waals surface area contributed by atoms with Gasteiger partial charge in [-0.25, -0.2) is 0 Å². The number of halogens is 1. The molecule has 0 radical (unpaired) electrons. The van der Waals surface area contributed by atoms with Crippen LogP contribution in [0.3, 0.4) is 0 Å². The fourth-order valence-electron chi connectivity index (χ4n) is 2.93. The molecular formula is C20H20ClN3O3. The lowest BCUT2D eigenvalue weighted by molar-refractivity contribution is -0.132. The number of piperazine rings is 1. The summed E-state index contributed by atoms with van der Waals surface area (Å²) < 4.78 is 0. The van der Waals surface area contributed by atoms with Crippen molar-refractivity contribution in [2.75, 3.05) is 37.6 Å². The first-order valence-electron chi connectivity index (χ1n) is 8.70. The van der Waals surface area contributed by atoms with E-state index in [9.17, 15) is 14.4 Å². The number of nitrogens with zero attached hydrogens (tertiary/aromatic N) is 2. The maximum Gasteiger partial charge on any atom is 0.292 e. The average molecular weight is 386 g/mol. The van der Waals surface area contributed by atoms with Gasteiger partial charge in [0.05, 0.1) is 6.54 Å². The van der Waals surface area contributed by atoms with Crippen LogP contribution >= 0.6 is 11.6 Å². The molecule has 0 saturated carbocycles. The molecule has 2 aromatic carbocycles. The van der Waals surface area contributed by atoms with Gasteiger partial charge in [-0.05, 0) is 36.4 Å². The van der Waals surface area contributed by atoms with Gasteiger partial charge in [0, 0.05) is 42.5 Å². The maximum atomic E-state index is 12.3. The fourth-order valence-corrected chi connectivity index (χ4v) is 3.06. The van der Waals surface area contributed by atoms with Crippen LogP contribution in [0.25, 0.3) is 0 Å². The Kier molecular flexibility index (Phi) is 6.08. The van der Waals surface area contributed by atoms with E-state index in [1.807, 2.05) is 30.3 Å². The summed E-state index contributed by atoms with van der Waals surface area (Å²) in [6.45, 7) is 2.42. The van der Waals surface area contributed by atoms with Gasteiger partial charge in [-0.3, -0.25) is 14.4 Å². The first-order valence-corrected chi connectivity index (χ1v) is 9.08. The smallest absolute Gasteiger partial charge is 0.292 e. The van der Waals surface area contributed by atoms with E-state index in [1.54, 1.807) is 17.0 Å². The molecule has 2 amide bonds. The summed E-state index contributed by atoms with van der Waals surface area (Å²) in [7, 11) is 0. The van der Waals surface area contributed by atoms with E-state index >= 15 is 0 Å². The molecule has 3 rings (SSSR count). The molecule has 1 heterocycles. The predicted octanol–water partition coefficient (Wildman–Crippen LogP) is 1.99. The topological polar surface area (TPSA) is 69.7 Å². The molecule has 1 saturated heterocycles. The van der Waals surface area contributed by atoms with Crippen LogP contribution in [0.5, 0.6) is 0 Å². The van der Waals surface area contributed by atoms with E-state index in [0.29, 0.717) is 18.1 Å². The summed E-state index contributed by atoms with van der Waals surface area (Å²) in [5.41, 5.74) is 1.37. The number of benzene rings is 2. The third-order valence-electron chi connectivity index (χ3n) is 4.47. The summed E-state index contributed by atoms with van der Waals surface area (Å²) in [5.74, 6) is -1.68. The molecule has 2 aromatic rings. The second-order valence-electron chi connectivity index (χ2n) is 6.22. The van der Waals surface area contributed by atoms with Crippen molar-refractivity contribution in [3.63, 3.8) is 0 Å². The molecule has 0 aromatic heterocycles. The second-order valence-corrected chi connectivity index (χ2v) is 6.66. The minimum atomic E-state index is -0.798. The quantitative estimate of drug-likeness (QED) is 0.631. The van der Waals surface area contributed by atoms with Gasteiger partial charge in [0.2, 0.25) is 11.7 Å². The van der Waals surface area contributed by atoms with Crippen molar-refractivity contribution in [2.45, 2.75) is 0 Å². The van der Waals surface area contributed by atoms with Crippen molar-refractivity contribution >= 4 is 34.9 Å². The number of hydrogen-bond donors (Lipinski definition) is 1. The van der Waals surface area contributed by atoms with Crippen molar-refractivity contribution in [3.8, 4) is 0 Å². The Labute approximate surface area is 162 Å². The van der Waals surface area contributed by atoms with Crippen LogP contribution in [-0.2, 0) is 9.59 Å². The third-order valence-corrected chi connectivity index (χ3v) is 4.72. The van der Waals surface area contributed by atoms with Gasteiger partial charge >= 0.3 is 0 Å². The minimum absolute atomic E-state index is 0.191. The molecule has 0 bridgehead atoms. The Morgan fingerprint density at radius 2 is 1.52 bits per heavy atom. The number of carbonyl (C=O) groups excluding carboxylic acids is 3. The van der Waals surface area contributed by atoms with Gasteiger partial charge in [0.25, 0.3) is 5.91 Å². The average Bonchev–Trinajstić information content (AvgIpc) is 2.72. The highest BCUT2D eigenvalue weighted by Gasteiger charge is 2.23. The molecule has 1 aliphatic heterocycles. The number of para-hydroxylation sites is 1. The van der Waals surface area contributed by atoms with Crippen molar-refractivity contribution < 1.29 is 14.4 Å². The van der Waals surface area contributed by atoms with Gasteiger partial charge in [0.15, 0.2) is 0 Å². The highest BCUT2D eigenvalue weighted by atomic mass is 35.5. The zero-order chi connectivity index (χ0) is 19.2. The highest BCUT2D eigenvalue weighted by Crippen LogP contribution is 2.15. The lowest BCUT2D eigenvalue weighted by atomic mass is 10.1. The standard InChI is InChI=1S/C20H20ClN3O3/c21-16-8-6-15(7-9-16)19(26)20(27)22-14-18(25)24-12-10-23(11-13-24)17-4-2-1-3-5-17/h1-9H,10-14H2,(H,22,27). The van der Waals surface area contributed by atoms with Gasteiger partial charge in [-0.2, -0.15) is 0 Å². The number of rotatable bonds is 5. The lowest BCUT2D eigenvalue weighted by Gasteiger charge is -2.36. The largest absolute Gasteiger partial charge is 0.368 e. The summed E-state index contributed by atoms with van der Waals surface area (Å²) in [6.07, 6.45) is 0. The number of carbonyl (C=O) groups is 3. The SMILES string of the molecule is O=C(NCC(=O)N1CCN(c2ccccc2)CC1)C(=O)c1ccc(Cl)cc1. The molecule has 6 nitrogen and oxygen atoms in total. The van der Waals surface area contributed by atoms with Crippen LogP contribution < -0.4 is 10.2 Å². The summed E-state index contributed by atoms with van der Waals surface area (Å²) >= 11 is 5.77. The molecule has 0 spiro atoms. The van der Waals surface area contributed by atoms with E-state index in [4.69, 9.17) is 11.6 Å². The van der Waals surface area contributed by atoms with Crippen molar-refractivity contribution in [3.05, 3.63) is 65.2 Å². The van der Waals surface area contributed by atoms with E-state index in [0.717, 1.165) is 18.8 Å². The van der Waals surface area contributed by atoms with Crippen LogP contribution in [0, 0.1) is 0 Å². The summed E-state index contributed by atoms with van der Waals surface area (Å²) in [6, 6.07) is 16.1. The second kappa shape index (κ2) is 8.68. The minimum Gasteiger partial charge on any atom is -0.368 e. The number of Topliss-reactive ketones (excluding diaryl/α,β-unsaturated/α-hetero) is 1. The molecule has 0 atom stereocenters. The van der Waals surface area contributed by atoms with Crippen LogP contribution in [0.4, 0.5) is 5.69 Å². The maximum absolute atomic E-state index is 12.3. The van der Waals surface area contributed by atoms with Gasteiger partial charge in [0.1, 0.15) is 0 Å². The zero-order valence-corrected chi connectivity index (χ0v) is 15.5. The number of hydrogen-bond acceptors (Lipinski definition) is 4. The van der Waals surface area contributed by atoms with E-state index in [1.165, 1.54) is 12.1 Å². The van der Waals surface area contributed by atoms with E-state index in [2.05, 4.69) is 10.2 Å². The monoisotopic (exact) mass is 385 g/mol. The van der Waals surface area contributed by atoms with Crippen LogP contribution in [0.2, 0.25) is 5.02 Å². The highest BCUT2D eigenvalue weighted by molar-refractivity contribution is 6.43. The Morgan fingerprint density at radius 1 is 0.889 bits per heavy atom. The number of ketones is 1. The van der Waals surface area contributed by atoms with Crippen molar-refractivity contribution in [1.29, 1.82) is 0 Å².